The van der Waals surface area contributed by atoms with Gasteiger partial charge in [-0.3, -0.25) is 4.79 Å². The second kappa shape index (κ2) is 8.92. The van der Waals surface area contributed by atoms with Crippen molar-refractivity contribution in [1.82, 2.24) is 4.90 Å². The minimum absolute atomic E-state index is 0.0405. The van der Waals surface area contributed by atoms with Gasteiger partial charge in [0.25, 0.3) is 5.91 Å². The van der Waals surface area contributed by atoms with Gasteiger partial charge in [0.1, 0.15) is 0 Å². The summed E-state index contributed by atoms with van der Waals surface area (Å²) in [6.45, 7) is 6.32. The monoisotopic (exact) mass is 334 g/mol. The highest BCUT2D eigenvalue weighted by Gasteiger charge is 2.27. The van der Waals surface area contributed by atoms with Gasteiger partial charge >= 0.3 is 0 Å². The molecule has 2 unspecified atom stereocenters. The summed E-state index contributed by atoms with van der Waals surface area (Å²) in [6, 6.07) is 5.54. The molecule has 0 radical (unpaired) electrons. The van der Waals surface area contributed by atoms with Crippen molar-refractivity contribution in [2.75, 3.05) is 26.8 Å². The Morgan fingerprint density at radius 1 is 1.42 bits per heavy atom. The number of amides is 1. The largest absolute Gasteiger partial charge is 0.493 e. The predicted molar refractivity (Wildman–Crippen MR) is 95.7 cm³/mol. The van der Waals surface area contributed by atoms with E-state index in [0.717, 1.165) is 38.8 Å². The molecule has 0 spiro atoms. The molecule has 1 amide bonds. The fourth-order valence-corrected chi connectivity index (χ4v) is 3.05. The third kappa shape index (κ3) is 4.63. The summed E-state index contributed by atoms with van der Waals surface area (Å²) in [5.41, 5.74) is 6.66. The molecule has 5 heteroatoms. The smallest absolute Gasteiger partial charge is 0.254 e. The topological polar surface area (TPSA) is 64.8 Å². The van der Waals surface area contributed by atoms with Gasteiger partial charge in [0.2, 0.25) is 0 Å². The first kappa shape index (κ1) is 18.6. The first-order valence-electron chi connectivity index (χ1n) is 8.92. The number of hydrogen-bond donors (Lipinski definition) is 1. The molecule has 0 aromatic heterocycles. The summed E-state index contributed by atoms with van der Waals surface area (Å²) in [7, 11) is 1.60. The van der Waals surface area contributed by atoms with Crippen LogP contribution in [0.25, 0.3) is 0 Å². The Labute approximate surface area is 145 Å². The maximum Gasteiger partial charge on any atom is 0.254 e. The number of unbranched alkanes of at least 4 members (excludes halogenated alkanes) is 1. The lowest BCUT2D eigenvalue weighted by molar-refractivity contribution is 0.0660. The molecule has 134 valence electrons. The van der Waals surface area contributed by atoms with Crippen molar-refractivity contribution in [2.24, 2.45) is 11.7 Å². The molecule has 24 heavy (non-hydrogen) atoms. The van der Waals surface area contributed by atoms with E-state index in [1.807, 2.05) is 24.0 Å². The summed E-state index contributed by atoms with van der Waals surface area (Å²) in [6.07, 6.45) is 4.17. The molecule has 1 saturated heterocycles. The van der Waals surface area contributed by atoms with Gasteiger partial charge < -0.3 is 20.1 Å². The molecule has 1 aromatic carbocycles. The van der Waals surface area contributed by atoms with E-state index in [1.165, 1.54) is 0 Å². The van der Waals surface area contributed by atoms with Crippen molar-refractivity contribution in [2.45, 2.75) is 45.6 Å². The highest BCUT2D eigenvalue weighted by Crippen LogP contribution is 2.29. The maximum absolute atomic E-state index is 12.8. The van der Waals surface area contributed by atoms with Crippen molar-refractivity contribution < 1.29 is 14.3 Å². The normalized spacial score (nSPS) is 19.0. The van der Waals surface area contributed by atoms with Crippen LogP contribution >= 0.6 is 0 Å². The van der Waals surface area contributed by atoms with Crippen LogP contribution in [0.3, 0.4) is 0 Å². The molecule has 2 atom stereocenters. The second-order valence-electron chi connectivity index (χ2n) is 6.58. The Morgan fingerprint density at radius 2 is 2.21 bits per heavy atom. The molecule has 0 aliphatic carbocycles. The van der Waals surface area contributed by atoms with Crippen LogP contribution in [0.4, 0.5) is 0 Å². The van der Waals surface area contributed by atoms with Gasteiger partial charge in [-0.15, -0.1) is 0 Å². The Hall–Kier alpha value is -1.75. The molecule has 2 rings (SSSR count). The zero-order chi connectivity index (χ0) is 17.5. The van der Waals surface area contributed by atoms with Crippen molar-refractivity contribution in [3.8, 4) is 11.5 Å². The fourth-order valence-electron chi connectivity index (χ4n) is 3.05. The zero-order valence-electron chi connectivity index (χ0n) is 15.1. The molecule has 1 aromatic rings. The minimum Gasteiger partial charge on any atom is -0.493 e. The molecule has 1 aliphatic rings. The fraction of sp³-hybridized carbons (Fsp3) is 0.632. The summed E-state index contributed by atoms with van der Waals surface area (Å²) in [4.78, 5) is 14.7. The van der Waals surface area contributed by atoms with E-state index in [4.69, 9.17) is 15.2 Å². The van der Waals surface area contributed by atoms with Crippen LogP contribution in [0.1, 0.15) is 49.9 Å². The number of carbonyl (C=O) groups is 1. The van der Waals surface area contributed by atoms with Gasteiger partial charge in [-0.05, 0) is 50.3 Å². The lowest BCUT2D eigenvalue weighted by atomic mass is 9.92. The number of methoxy groups -OCH3 is 1. The van der Waals surface area contributed by atoms with Gasteiger partial charge in [-0.2, -0.15) is 0 Å². The molecule has 5 nitrogen and oxygen atoms in total. The highest BCUT2D eigenvalue weighted by molar-refractivity contribution is 5.95. The SMILES string of the molecule is CCCCOc1ccc(C(=O)N2CCCC(C(C)N)C2)cc1OC. The van der Waals surface area contributed by atoms with Crippen molar-refractivity contribution >= 4 is 5.91 Å². The second-order valence-corrected chi connectivity index (χ2v) is 6.58. The third-order valence-electron chi connectivity index (χ3n) is 4.65. The molecule has 0 bridgehead atoms. The summed E-state index contributed by atoms with van der Waals surface area (Å²) < 4.78 is 11.1. The Balaban J connectivity index is 2.08. The number of ether oxygens (including phenoxy) is 2. The maximum atomic E-state index is 12.8. The first-order valence-corrected chi connectivity index (χ1v) is 8.92. The molecule has 2 N–H and O–H groups in total. The van der Waals surface area contributed by atoms with E-state index < -0.39 is 0 Å². The number of likely N-dealkylation sites (tertiary alicyclic amines) is 1. The van der Waals surface area contributed by atoms with Crippen LogP contribution in [-0.2, 0) is 0 Å². The van der Waals surface area contributed by atoms with E-state index in [1.54, 1.807) is 13.2 Å². The zero-order valence-corrected chi connectivity index (χ0v) is 15.1. The van der Waals surface area contributed by atoms with E-state index >= 15 is 0 Å². The molecule has 1 heterocycles. The average molecular weight is 334 g/mol. The van der Waals surface area contributed by atoms with Crippen LogP contribution in [0.2, 0.25) is 0 Å². The van der Waals surface area contributed by atoms with Crippen molar-refractivity contribution in [1.29, 1.82) is 0 Å². The lowest BCUT2D eigenvalue weighted by Gasteiger charge is -2.34. The highest BCUT2D eigenvalue weighted by atomic mass is 16.5. The number of rotatable bonds is 7. The number of carbonyl (C=O) groups excluding carboxylic acids is 1. The van der Waals surface area contributed by atoms with Gasteiger partial charge in [0.15, 0.2) is 11.5 Å². The van der Waals surface area contributed by atoms with Gasteiger partial charge in [0.05, 0.1) is 13.7 Å². The Bertz CT molecular complexity index is 545. The molecule has 1 fully saturated rings. The number of nitrogens with two attached hydrogens (primary N) is 1. The number of piperidine rings is 1. The number of benzene rings is 1. The molecule has 0 saturated carbocycles. The quantitative estimate of drug-likeness (QED) is 0.778. The van der Waals surface area contributed by atoms with E-state index in [9.17, 15) is 4.79 Å². The summed E-state index contributed by atoms with van der Waals surface area (Å²) >= 11 is 0. The van der Waals surface area contributed by atoms with E-state index in [2.05, 4.69) is 6.92 Å². The number of hydrogen-bond acceptors (Lipinski definition) is 4. The van der Waals surface area contributed by atoms with Crippen LogP contribution in [0.5, 0.6) is 11.5 Å². The van der Waals surface area contributed by atoms with Gasteiger partial charge in [-0.1, -0.05) is 13.3 Å². The van der Waals surface area contributed by atoms with Crippen LogP contribution in [0.15, 0.2) is 18.2 Å². The standard InChI is InChI=1S/C19H30N2O3/c1-4-5-11-24-17-9-8-15(12-18(17)23-3)19(22)21-10-6-7-16(13-21)14(2)20/h8-9,12,14,16H,4-7,10-11,13,20H2,1-3H3. The Kier molecular flexibility index (Phi) is 6.91. The van der Waals surface area contributed by atoms with Gasteiger partial charge in [-0.25, -0.2) is 0 Å². The molecular formula is C19H30N2O3. The summed E-state index contributed by atoms with van der Waals surface area (Å²) in [5, 5.41) is 0. The predicted octanol–water partition coefficient (Wildman–Crippen LogP) is 3.07. The van der Waals surface area contributed by atoms with E-state index in [-0.39, 0.29) is 11.9 Å². The Morgan fingerprint density at radius 3 is 2.88 bits per heavy atom. The first-order chi connectivity index (χ1) is 11.6. The molecule has 1 aliphatic heterocycles. The minimum atomic E-state index is 0.0405. The molecular weight excluding hydrogens is 304 g/mol. The van der Waals surface area contributed by atoms with Crippen molar-refractivity contribution in [3.05, 3.63) is 23.8 Å². The van der Waals surface area contributed by atoms with Crippen LogP contribution in [-0.4, -0.2) is 43.7 Å². The number of nitrogens with zero attached hydrogens (tertiary/aromatic N) is 1. The average Bonchev–Trinajstić information content (AvgIpc) is 2.61. The van der Waals surface area contributed by atoms with E-state index in [0.29, 0.717) is 29.6 Å². The third-order valence-corrected chi connectivity index (χ3v) is 4.65. The van der Waals surface area contributed by atoms with Crippen molar-refractivity contribution in [3.63, 3.8) is 0 Å². The van der Waals surface area contributed by atoms with Gasteiger partial charge in [0, 0.05) is 24.7 Å². The van der Waals surface area contributed by atoms with Crippen LogP contribution < -0.4 is 15.2 Å². The lowest BCUT2D eigenvalue weighted by Crippen LogP contribution is -2.45. The van der Waals surface area contributed by atoms with Crippen LogP contribution in [0, 0.1) is 5.92 Å². The summed E-state index contributed by atoms with van der Waals surface area (Å²) in [5.74, 6) is 1.72.